The van der Waals surface area contributed by atoms with E-state index in [9.17, 15) is 9.59 Å². The molecule has 1 aromatic heterocycles. The van der Waals surface area contributed by atoms with Crippen LogP contribution in [0.5, 0.6) is 0 Å². The molecule has 1 aromatic rings. The van der Waals surface area contributed by atoms with Gasteiger partial charge >= 0.3 is 0 Å². The molecule has 0 aromatic carbocycles. The summed E-state index contributed by atoms with van der Waals surface area (Å²) in [6, 6.07) is -0.345. The maximum Gasteiger partial charge on any atom is 0.243 e. The van der Waals surface area contributed by atoms with Crippen molar-refractivity contribution in [2.24, 2.45) is 5.73 Å². The number of hydrogen-bond acceptors (Lipinski definition) is 7. The van der Waals surface area contributed by atoms with Crippen molar-refractivity contribution < 1.29 is 14.1 Å². The van der Waals surface area contributed by atoms with Crippen LogP contribution in [0.1, 0.15) is 25.1 Å². The molecule has 1 aliphatic rings. The predicted octanol–water partition coefficient (Wildman–Crippen LogP) is -1.23. The van der Waals surface area contributed by atoms with Crippen LogP contribution in [0.2, 0.25) is 0 Å². The number of rotatable bonds is 4. The van der Waals surface area contributed by atoms with Crippen molar-refractivity contribution in [1.82, 2.24) is 20.4 Å². The van der Waals surface area contributed by atoms with Crippen LogP contribution in [0.4, 0.5) is 0 Å². The number of piperazine rings is 1. The summed E-state index contributed by atoms with van der Waals surface area (Å²) in [6.07, 6.45) is 0.612. The van der Waals surface area contributed by atoms with Crippen LogP contribution in [0.3, 0.4) is 0 Å². The minimum absolute atomic E-state index is 0.150. The third-order valence-electron chi connectivity index (χ3n) is 2.77. The molecule has 1 saturated heterocycles. The molecular formula is C10H15N5O3. The van der Waals surface area contributed by atoms with E-state index in [1.165, 1.54) is 0 Å². The number of hydrogen-bond donors (Lipinski definition) is 2. The summed E-state index contributed by atoms with van der Waals surface area (Å²) < 4.78 is 4.88. The van der Waals surface area contributed by atoms with Crippen molar-refractivity contribution in [3.63, 3.8) is 0 Å². The molecule has 18 heavy (non-hydrogen) atoms. The highest BCUT2D eigenvalue weighted by Crippen LogP contribution is 2.12. The van der Waals surface area contributed by atoms with Crippen LogP contribution < -0.4 is 11.1 Å². The van der Waals surface area contributed by atoms with E-state index in [1.54, 1.807) is 4.90 Å². The zero-order valence-corrected chi connectivity index (χ0v) is 10.0. The Morgan fingerprint density at radius 1 is 1.56 bits per heavy atom. The molecule has 0 saturated carbocycles. The van der Waals surface area contributed by atoms with Gasteiger partial charge in [0.2, 0.25) is 17.7 Å². The maximum absolute atomic E-state index is 11.6. The normalized spacial score (nSPS) is 21.1. The second-order valence-corrected chi connectivity index (χ2v) is 4.05. The number of aromatic nitrogens is 2. The van der Waals surface area contributed by atoms with E-state index in [4.69, 9.17) is 10.3 Å². The van der Waals surface area contributed by atoms with Gasteiger partial charge in [-0.15, -0.1) is 0 Å². The quantitative estimate of drug-likeness (QED) is 0.645. The number of amides is 2. The number of carbonyl (C=O) groups excluding carboxylic acids is 2. The van der Waals surface area contributed by atoms with Crippen molar-refractivity contribution in [1.29, 1.82) is 0 Å². The lowest BCUT2D eigenvalue weighted by Crippen LogP contribution is -2.57. The van der Waals surface area contributed by atoms with Gasteiger partial charge in [0.25, 0.3) is 0 Å². The Kier molecular flexibility index (Phi) is 3.68. The smallest absolute Gasteiger partial charge is 0.243 e. The summed E-state index contributed by atoms with van der Waals surface area (Å²) in [5.41, 5.74) is 5.37. The van der Waals surface area contributed by atoms with Crippen LogP contribution in [-0.4, -0.2) is 39.4 Å². The second kappa shape index (κ2) is 5.23. The molecule has 98 valence electrons. The highest BCUT2D eigenvalue weighted by molar-refractivity contribution is 6.00. The van der Waals surface area contributed by atoms with Crippen molar-refractivity contribution in [3.05, 3.63) is 11.7 Å². The number of nitrogens with zero attached hydrogens (tertiary/aromatic N) is 3. The number of nitrogens with two attached hydrogens (primary N) is 1. The lowest BCUT2D eigenvalue weighted by molar-refractivity contribution is -0.140. The highest BCUT2D eigenvalue weighted by Gasteiger charge is 2.33. The van der Waals surface area contributed by atoms with Crippen LogP contribution in [-0.2, 0) is 22.7 Å². The van der Waals surface area contributed by atoms with Gasteiger partial charge in [0.15, 0.2) is 5.82 Å². The van der Waals surface area contributed by atoms with Gasteiger partial charge < -0.3 is 10.3 Å². The van der Waals surface area contributed by atoms with E-state index in [0.717, 1.165) is 0 Å². The number of imide groups is 1. The summed E-state index contributed by atoms with van der Waals surface area (Å²) in [6.45, 7) is 2.50. The van der Waals surface area contributed by atoms with Crippen LogP contribution in [0.25, 0.3) is 0 Å². The zero-order valence-electron chi connectivity index (χ0n) is 10.0. The highest BCUT2D eigenvalue weighted by atomic mass is 16.5. The zero-order chi connectivity index (χ0) is 13.1. The van der Waals surface area contributed by atoms with Gasteiger partial charge in [0.1, 0.15) is 0 Å². The van der Waals surface area contributed by atoms with Gasteiger partial charge in [-0.05, 0) is 6.42 Å². The summed E-state index contributed by atoms with van der Waals surface area (Å²) in [4.78, 5) is 28.8. The topological polar surface area (TPSA) is 114 Å². The number of nitrogens with one attached hydrogen (secondary N) is 1. The first-order chi connectivity index (χ1) is 8.63. The molecule has 0 radical (unpaired) electrons. The van der Waals surface area contributed by atoms with E-state index in [1.807, 2.05) is 6.92 Å². The summed E-state index contributed by atoms with van der Waals surface area (Å²) in [5, 5.41) is 6.06. The van der Waals surface area contributed by atoms with Gasteiger partial charge in [-0.1, -0.05) is 12.1 Å². The average molecular weight is 253 g/mol. The van der Waals surface area contributed by atoms with E-state index < -0.39 is 0 Å². The fourth-order valence-electron chi connectivity index (χ4n) is 1.95. The third kappa shape index (κ3) is 2.54. The molecule has 3 N–H and O–H groups in total. The Balaban J connectivity index is 2.09. The van der Waals surface area contributed by atoms with Crippen LogP contribution in [0.15, 0.2) is 4.52 Å². The van der Waals surface area contributed by atoms with E-state index in [0.29, 0.717) is 24.7 Å². The first-order valence-electron chi connectivity index (χ1n) is 5.73. The predicted molar refractivity (Wildman–Crippen MR) is 59.8 cm³/mol. The van der Waals surface area contributed by atoms with Crippen LogP contribution >= 0.6 is 0 Å². The molecule has 0 spiro atoms. The molecule has 0 aliphatic carbocycles. The second-order valence-electron chi connectivity index (χ2n) is 4.05. The molecule has 2 amide bonds. The largest absolute Gasteiger partial charge is 0.338 e. The minimum atomic E-state index is -0.345. The monoisotopic (exact) mass is 253 g/mol. The fourth-order valence-corrected chi connectivity index (χ4v) is 1.95. The lowest BCUT2D eigenvalue weighted by atomic mass is 10.1. The first-order valence-corrected chi connectivity index (χ1v) is 5.73. The van der Waals surface area contributed by atoms with Gasteiger partial charge in [0.05, 0.1) is 25.7 Å². The first kappa shape index (κ1) is 12.7. The summed E-state index contributed by atoms with van der Waals surface area (Å²) in [5.74, 6) is 0.172. The molecule has 0 bridgehead atoms. The number of carbonyl (C=O) groups is 2. The van der Waals surface area contributed by atoms with Crippen molar-refractivity contribution in [2.45, 2.75) is 32.5 Å². The molecular weight excluding hydrogens is 238 g/mol. The van der Waals surface area contributed by atoms with Gasteiger partial charge in [-0.2, -0.15) is 4.98 Å². The van der Waals surface area contributed by atoms with Gasteiger partial charge in [-0.3, -0.25) is 19.8 Å². The molecule has 2 heterocycles. The van der Waals surface area contributed by atoms with E-state index in [-0.39, 0.29) is 30.9 Å². The van der Waals surface area contributed by atoms with Crippen LogP contribution in [0, 0.1) is 0 Å². The molecule has 2 rings (SSSR count). The minimum Gasteiger partial charge on any atom is -0.338 e. The Hall–Kier alpha value is -1.80. The van der Waals surface area contributed by atoms with Crippen molar-refractivity contribution >= 4 is 11.8 Å². The molecule has 1 unspecified atom stereocenters. The van der Waals surface area contributed by atoms with Crippen molar-refractivity contribution in [3.8, 4) is 0 Å². The third-order valence-corrected chi connectivity index (χ3v) is 2.77. The van der Waals surface area contributed by atoms with E-state index in [2.05, 4.69) is 15.5 Å². The van der Waals surface area contributed by atoms with E-state index >= 15 is 0 Å². The average Bonchev–Trinajstić information content (AvgIpc) is 2.76. The molecule has 8 nitrogen and oxygen atoms in total. The Morgan fingerprint density at radius 2 is 2.33 bits per heavy atom. The lowest BCUT2D eigenvalue weighted by Gasteiger charge is -2.32. The molecule has 1 atom stereocenters. The van der Waals surface area contributed by atoms with Gasteiger partial charge in [-0.25, -0.2) is 0 Å². The fraction of sp³-hybridized carbons (Fsp3) is 0.600. The molecule has 1 aliphatic heterocycles. The standard InChI is InChI=1S/C10H15N5O3/c1-2-6-10(17)13-8(16)5-15(6)4-7-12-9(3-11)18-14-7/h6H,2-5,11H2,1H3,(H,13,16,17). The Labute approximate surface area is 104 Å². The Morgan fingerprint density at radius 3 is 2.94 bits per heavy atom. The SMILES string of the molecule is CCC1C(=O)NC(=O)CN1Cc1noc(CN)n1. The molecule has 8 heteroatoms. The summed E-state index contributed by atoms with van der Waals surface area (Å²) in [7, 11) is 0. The summed E-state index contributed by atoms with van der Waals surface area (Å²) >= 11 is 0. The Bertz CT molecular complexity index is 458. The maximum atomic E-state index is 11.6. The molecule has 1 fully saturated rings. The van der Waals surface area contributed by atoms with Crippen molar-refractivity contribution in [2.75, 3.05) is 6.54 Å². The van der Waals surface area contributed by atoms with Gasteiger partial charge in [0, 0.05) is 0 Å².